The van der Waals surface area contributed by atoms with Crippen molar-refractivity contribution in [3.05, 3.63) is 86.6 Å². The van der Waals surface area contributed by atoms with E-state index in [1.807, 2.05) is 18.2 Å². The van der Waals surface area contributed by atoms with Crippen molar-refractivity contribution in [2.75, 3.05) is 7.11 Å². The van der Waals surface area contributed by atoms with Crippen LogP contribution in [0.5, 0.6) is 5.75 Å². The summed E-state index contributed by atoms with van der Waals surface area (Å²) in [6, 6.07) is 15.6. The van der Waals surface area contributed by atoms with Crippen LogP contribution in [0.15, 0.2) is 64.3 Å². The predicted molar refractivity (Wildman–Crippen MR) is 100 cm³/mol. The molecule has 0 bridgehead atoms. The maximum Gasteiger partial charge on any atom is 0.270 e. The molecule has 4 aromatic rings. The number of nitrogens with zero attached hydrogens (tertiary/aromatic N) is 4. The van der Waals surface area contributed by atoms with Gasteiger partial charge in [-0.05, 0) is 35.9 Å². The van der Waals surface area contributed by atoms with Crippen LogP contribution in [0.2, 0.25) is 0 Å². The van der Waals surface area contributed by atoms with E-state index in [1.165, 1.54) is 15.0 Å². The first kappa shape index (κ1) is 16.5. The standard InChI is InChI=1S/C20H14N4O3/c1-27-15-7-5-13(6-8-15)12-24-18-16(10-14(11-21)19(24)25)20(26)23-9-3-2-4-17(23)22-18/h2-10H,12H2,1H3. The summed E-state index contributed by atoms with van der Waals surface area (Å²) < 4.78 is 7.91. The fraction of sp³-hybridized carbons (Fsp3) is 0.100. The SMILES string of the molecule is COc1ccc(Cn2c(=O)c(C#N)cc3c(=O)n4ccccc4nc32)cc1. The van der Waals surface area contributed by atoms with Gasteiger partial charge in [-0.25, -0.2) is 4.98 Å². The molecule has 132 valence electrons. The minimum Gasteiger partial charge on any atom is -0.497 e. The van der Waals surface area contributed by atoms with E-state index in [0.29, 0.717) is 11.4 Å². The summed E-state index contributed by atoms with van der Waals surface area (Å²) in [5.74, 6) is 0.698. The number of benzene rings is 1. The Morgan fingerprint density at radius 3 is 2.59 bits per heavy atom. The van der Waals surface area contributed by atoms with Crippen molar-refractivity contribution in [2.24, 2.45) is 0 Å². The molecule has 0 unspecified atom stereocenters. The van der Waals surface area contributed by atoms with Crippen LogP contribution in [0.1, 0.15) is 11.1 Å². The van der Waals surface area contributed by atoms with Gasteiger partial charge in [-0.1, -0.05) is 18.2 Å². The highest BCUT2D eigenvalue weighted by atomic mass is 16.5. The number of rotatable bonds is 3. The van der Waals surface area contributed by atoms with Gasteiger partial charge in [0.05, 0.1) is 19.0 Å². The summed E-state index contributed by atoms with van der Waals surface area (Å²) in [4.78, 5) is 30.1. The molecule has 0 aliphatic rings. The molecule has 0 saturated carbocycles. The summed E-state index contributed by atoms with van der Waals surface area (Å²) in [7, 11) is 1.58. The molecule has 0 N–H and O–H groups in total. The van der Waals surface area contributed by atoms with Crippen LogP contribution in [0, 0.1) is 11.3 Å². The summed E-state index contributed by atoms with van der Waals surface area (Å²) in [6.45, 7) is 0.185. The zero-order chi connectivity index (χ0) is 19.0. The molecule has 1 aromatic carbocycles. The molecule has 3 heterocycles. The Hall–Kier alpha value is -3.92. The minimum absolute atomic E-state index is 0.0919. The van der Waals surface area contributed by atoms with Gasteiger partial charge in [0.25, 0.3) is 11.1 Å². The normalized spacial score (nSPS) is 10.8. The highest BCUT2D eigenvalue weighted by Crippen LogP contribution is 2.15. The Labute approximate surface area is 153 Å². The average Bonchev–Trinajstić information content (AvgIpc) is 2.71. The third-order valence-corrected chi connectivity index (χ3v) is 4.39. The Balaban J connectivity index is 2.02. The van der Waals surface area contributed by atoms with Crippen molar-refractivity contribution in [1.82, 2.24) is 14.0 Å². The van der Waals surface area contributed by atoms with Crippen LogP contribution in [-0.2, 0) is 6.54 Å². The van der Waals surface area contributed by atoms with E-state index in [4.69, 9.17) is 4.74 Å². The molecule has 0 amide bonds. The molecule has 27 heavy (non-hydrogen) atoms. The van der Waals surface area contributed by atoms with Gasteiger partial charge in [0.15, 0.2) is 5.65 Å². The van der Waals surface area contributed by atoms with Crippen molar-refractivity contribution in [3.63, 3.8) is 0 Å². The molecule has 7 heteroatoms. The number of ether oxygens (including phenoxy) is 1. The maximum atomic E-state index is 12.8. The number of fused-ring (bicyclic) bond motifs is 2. The molecule has 7 nitrogen and oxygen atoms in total. The van der Waals surface area contributed by atoms with Crippen molar-refractivity contribution < 1.29 is 4.74 Å². The molecular formula is C20H14N4O3. The lowest BCUT2D eigenvalue weighted by Crippen LogP contribution is -2.27. The van der Waals surface area contributed by atoms with Gasteiger partial charge in [-0.3, -0.25) is 18.6 Å². The molecule has 4 rings (SSSR count). The molecule has 0 atom stereocenters. The van der Waals surface area contributed by atoms with Gasteiger partial charge in [0.1, 0.15) is 23.0 Å². The van der Waals surface area contributed by atoms with Gasteiger partial charge in [-0.15, -0.1) is 0 Å². The van der Waals surface area contributed by atoms with Gasteiger partial charge in [-0.2, -0.15) is 5.26 Å². The van der Waals surface area contributed by atoms with Gasteiger partial charge < -0.3 is 4.74 Å². The van der Waals surface area contributed by atoms with Crippen LogP contribution in [0.3, 0.4) is 0 Å². The fourth-order valence-corrected chi connectivity index (χ4v) is 3.01. The lowest BCUT2D eigenvalue weighted by molar-refractivity contribution is 0.414. The van der Waals surface area contributed by atoms with Crippen LogP contribution in [0.4, 0.5) is 0 Å². The number of aromatic nitrogens is 3. The van der Waals surface area contributed by atoms with Crippen LogP contribution >= 0.6 is 0 Å². The monoisotopic (exact) mass is 358 g/mol. The first-order valence-corrected chi connectivity index (χ1v) is 8.20. The van der Waals surface area contributed by atoms with Gasteiger partial charge in [0.2, 0.25) is 0 Å². The smallest absolute Gasteiger partial charge is 0.270 e. The van der Waals surface area contributed by atoms with Crippen LogP contribution < -0.4 is 15.9 Å². The first-order valence-electron chi connectivity index (χ1n) is 8.20. The van der Waals surface area contributed by atoms with Crippen LogP contribution in [0.25, 0.3) is 16.7 Å². The third kappa shape index (κ3) is 2.73. The van der Waals surface area contributed by atoms with E-state index in [1.54, 1.807) is 43.6 Å². The fourth-order valence-electron chi connectivity index (χ4n) is 3.01. The van der Waals surface area contributed by atoms with Crippen molar-refractivity contribution >= 4 is 16.7 Å². The van der Waals surface area contributed by atoms with E-state index in [0.717, 1.165) is 5.56 Å². The second-order valence-electron chi connectivity index (χ2n) is 5.99. The van der Waals surface area contributed by atoms with E-state index >= 15 is 0 Å². The molecule has 0 fully saturated rings. The highest BCUT2D eigenvalue weighted by molar-refractivity contribution is 5.77. The Morgan fingerprint density at radius 2 is 1.89 bits per heavy atom. The molecule has 0 spiro atoms. The van der Waals surface area contributed by atoms with Gasteiger partial charge >= 0.3 is 0 Å². The van der Waals surface area contributed by atoms with Crippen LogP contribution in [-0.4, -0.2) is 21.1 Å². The summed E-state index contributed by atoms with van der Waals surface area (Å²) >= 11 is 0. The lowest BCUT2D eigenvalue weighted by atomic mass is 10.2. The molecular weight excluding hydrogens is 344 g/mol. The Bertz CT molecular complexity index is 1330. The molecule has 0 radical (unpaired) electrons. The van der Waals surface area contributed by atoms with Gasteiger partial charge in [0, 0.05) is 6.20 Å². The van der Waals surface area contributed by atoms with Crippen molar-refractivity contribution in [2.45, 2.75) is 6.54 Å². The molecule has 0 aliphatic carbocycles. The van der Waals surface area contributed by atoms with Crippen molar-refractivity contribution in [3.8, 4) is 11.8 Å². The largest absolute Gasteiger partial charge is 0.497 e. The zero-order valence-corrected chi connectivity index (χ0v) is 14.4. The maximum absolute atomic E-state index is 12.8. The number of methoxy groups -OCH3 is 1. The Morgan fingerprint density at radius 1 is 1.11 bits per heavy atom. The second kappa shape index (κ2) is 6.42. The predicted octanol–water partition coefficient (Wildman–Crippen LogP) is 1.94. The van der Waals surface area contributed by atoms with E-state index in [9.17, 15) is 14.9 Å². The molecule has 3 aromatic heterocycles. The highest BCUT2D eigenvalue weighted by Gasteiger charge is 2.15. The number of hydrogen-bond acceptors (Lipinski definition) is 5. The third-order valence-electron chi connectivity index (χ3n) is 4.39. The summed E-state index contributed by atoms with van der Waals surface area (Å²) in [5, 5.41) is 9.56. The second-order valence-corrected chi connectivity index (χ2v) is 5.99. The quantitative estimate of drug-likeness (QED) is 0.522. The topological polar surface area (TPSA) is 89.4 Å². The van der Waals surface area contributed by atoms with E-state index < -0.39 is 5.56 Å². The van der Waals surface area contributed by atoms with Crippen molar-refractivity contribution in [1.29, 1.82) is 5.26 Å². The van der Waals surface area contributed by atoms with E-state index in [2.05, 4.69) is 4.98 Å². The summed E-state index contributed by atoms with van der Waals surface area (Å²) in [5.41, 5.74) is 0.618. The zero-order valence-electron chi connectivity index (χ0n) is 14.4. The average molecular weight is 358 g/mol. The van der Waals surface area contributed by atoms with E-state index in [-0.39, 0.29) is 28.7 Å². The Kier molecular flexibility index (Phi) is 3.94. The minimum atomic E-state index is -0.479. The molecule has 0 aliphatic heterocycles. The number of nitriles is 1. The number of hydrogen-bond donors (Lipinski definition) is 0. The summed E-state index contributed by atoms with van der Waals surface area (Å²) in [6.07, 6.45) is 1.61. The molecule has 0 saturated heterocycles. The number of pyridine rings is 2. The lowest BCUT2D eigenvalue weighted by Gasteiger charge is -2.12. The first-order chi connectivity index (χ1) is 13.1.